The molecule has 1 amide bonds. The number of hydrogen-bond acceptors (Lipinski definition) is 3. The van der Waals surface area contributed by atoms with Crippen molar-refractivity contribution < 1.29 is 4.79 Å². The van der Waals surface area contributed by atoms with Gasteiger partial charge in [0, 0.05) is 11.8 Å². The predicted molar refractivity (Wildman–Crippen MR) is 66.2 cm³/mol. The molecule has 0 aromatic carbocycles. The van der Waals surface area contributed by atoms with E-state index in [4.69, 9.17) is 0 Å². The van der Waals surface area contributed by atoms with E-state index < -0.39 is 0 Å². The summed E-state index contributed by atoms with van der Waals surface area (Å²) in [5.41, 5.74) is 0. The number of nitrogens with one attached hydrogen (secondary N) is 2. The molecule has 0 radical (unpaired) electrons. The Balaban J connectivity index is 2.21. The van der Waals surface area contributed by atoms with Gasteiger partial charge in [-0.15, -0.1) is 0 Å². The summed E-state index contributed by atoms with van der Waals surface area (Å²) in [5, 5.41) is 6.32. The van der Waals surface area contributed by atoms with Crippen LogP contribution < -0.4 is 10.6 Å². The van der Waals surface area contributed by atoms with Crippen molar-refractivity contribution in [2.24, 2.45) is 0 Å². The Morgan fingerprint density at radius 3 is 3.00 bits per heavy atom. The molecule has 3 nitrogen and oxygen atoms in total. The van der Waals surface area contributed by atoms with E-state index in [0.29, 0.717) is 0 Å². The lowest BCUT2D eigenvalue weighted by atomic mass is 10.0. The fraction of sp³-hybridized carbons (Fsp3) is 0.909. The Morgan fingerprint density at radius 2 is 2.40 bits per heavy atom. The van der Waals surface area contributed by atoms with E-state index in [-0.39, 0.29) is 18.0 Å². The van der Waals surface area contributed by atoms with Crippen molar-refractivity contribution in [2.75, 3.05) is 18.1 Å². The smallest absolute Gasteiger partial charge is 0.237 e. The van der Waals surface area contributed by atoms with Crippen LogP contribution in [0.1, 0.15) is 33.1 Å². The van der Waals surface area contributed by atoms with Crippen molar-refractivity contribution >= 4 is 17.7 Å². The number of thioether (sulfide) groups is 1. The van der Waals surface area contributed by atoms with Gasteiger partial charge in [0.1, 0.15) is 0 Å². The van der Waals surface area contributed by atoms with Crippen LogP contribution in [0.25, 0.3) is 0 Å². The van der Waals surface area contributed by atoms with Crippen LogP contribution in [0.2, 0.25) is 0 Å². The van der Waals surface area contributed by atoms with Gasteiger partial charge >= 0.3 is 0 Å². The van der Waals surface area contributed by atoms with Gasteiger partial charge in [-0.25, -0.2) is 0 Å². The molecule has 0 aromatic heterocycles. The minimum atomic E-state index is 0.0489. The largest absolute Gasteiger partial charge is 0.351 e. The van der Waals surface area contributed by atoms with Crippen LogP contribution in [-0.2, 0) is 4.79 Å². The first-order valence-electron chi connectivity index (χ1n) is 5.85. The molecule has 1 rings (SSSR count). The first kappa shape index (κ1) is 12.8. The molecule has 1 unspecified atom stereocenters. The highest BCUT2D eigenvalue weighted by Crippen LogP contribution is 2.08. The van der Waals surface area contributed by atoms with Gasteiger partial charge in [0.15, 0.2) is 0 Å². The molecule has 88 valence electrons. The summed E-state index contributed by atoms with van der Waals surface area (Å²) in [6.45, 7) is 5.20. The Hall–Kier alpha value is -0.220. The molecule has 4 heteroatoms. The van der Waals surface area contributed by atoms with Crippen molar-refractivity contribution in [2.45, 2.75) is 45.2 Å². The SMILES string of the molecule is CCSCC(C)NC(=O)[C@H]1CCCCN1. The van der Waals surface area contributed by atoms with Gasteiger partial charge in [-0.2, -0.15) is 11.8 Å². The summed E-state index contributed by atoms with van der Waals surface area (Å²) in [4.78, 5) is 11.8. The molecular weight excluding hydrogens is 208 g/mol. The lowest BCUT2D eigenvalue weighted by molar-refractivity contribution is -0.124. The van der Waals surface area contributed by atoms with E-state index in [1.807, 2.05) is 11.8 Å². The number of rotatable bonds is 5. The van der Waals surface area contributed by atoms with Crippen LogP contribution in [-0.4, -0.2) is 36.0 Å². The predicted octanol–water partition coefficient (Wildman–Crippen LogP) is 1.39. The quantitative estimate of drug-likeness (QED) is 0.750. The second-order valence-corrected chi connectivity index (χ2v) is 5.39. The van der Waals surface area contributed by atoms with Crippen molar-refractivity contribution in [1.82, 2.24) is 10.6 Å². The third-order valence-electron chi connectivity index (χ3n) is 2.59. The zero-order valence-electron chi connectivity index (χ0n) is 9.71. The molecule has 1 fully saturated rings. The molecule has 15 heavy (non-hydrogen) atoms. The van der Waals surface area contributed by atoms with Gasteiger partial charge in [0.25, 0.3) is 0 Å². The van der Waals surface area contributed by atoms with Gasteiger partial charge in [0.2, 0.25) is 5.91 Å². The highest BCUT2D eigenvalue weighted by atomic mass is 32.2. The maximum atomic E-state index is 11.8. The monoisotopic (exact) mass is 230 g/mol. The normalized spacial score (nSPS) is 23.5. The van der Waals surface area contributed by atoms with Gasteiger partial charge in [0.05, 0.1) is 6.04 Å². The summed E-state index contributed by atoms with van der Waals surface area (Å²) in [6, 6.07) is 0.332. The standard InChI is InChI=1S/C11H22N2OS/c1-3-15-8-9(2)13-11(14)10-6-4-5-7-12-10/h9-10,12H,3-8H2,1-2H3,(H,13,14)/t9?,10-/m1/s1. The van der Waals surface area contributed by atoms with Crippen LogP contribution in [0, 0.1) is 0 Å². The third-order valence-corrected chi connectivity index (χ3v) is 3.73. The number of hydrogen-bond donors (Lipinski definition) is 2. The van der Waals surface area contributed by atoms with Crippen LogP contribution in [0.4, 0.5) is 0 Å². The van der Waals surface area contributed by atoms with E-state index in [1.54, 1.807) is 0 Å². The molecule has 1 saturated heterocycles. The van der Waals surface area contributed by atoms with Crippen molar-refractivity contribution in [3.05, 3.63) is 0 Å². The number of piperidine rings is 1. The maximum Gasteiger partial charge on any atom is 0.237 e. The fourth-order valence-electron chi connectivity index (χ4n) is 1.76. The lowest BCUT2D eigenvalue weighted by Gasteiger charge is -2.24. The highest BCUT2D eigenvalue weighted by Gasteiger charge is 2.21. The number of carbonyl (C=O) groups is 1. The van der Waals surface area contributed by atoms with Gasteiger partial charge in [-0.05, 0) is 32.1 Å². The van der Waals surface area contributed by atoms with Gasteiger partial charge < -0.3 is 10.6 Å². The number of carbonyl (C=O) groups excluding carboxylic acids is 1. The second kappa shape index (κ2) is 7.12. The van der Waals surface area contributed by atoms with Gasteiger partial charge in [-0.1, -0.05) is 13.3 Å². The van der Waals surface area contributed by atoms with Crippen molar-refractivity contribution in [3.63, 3.8) is 0 Å². The molecule has 1 aliphatic rings. The second-order valence-electron chi connectivity index (χ2n) is 4.07. The Morgan fingerprint density at radius 1 is 1.60 bits per heavy atom. The summed E-state index contributed by atoms with van der Waals surface area (Å²) in [5.74, 6) is 2.30. The maximum absolute atomic E-state index is 11.8. The Bertz CT molecular complexity index is 193. The van der Waals surface area contributed by atoms with Crippen LogP contribution in [0.15, 0.2) is 0 Å². The van der Waals surface area contributed by atoms with E-state index in [0.717, 1.165) is 24.5 Å². The van der Waals surface area contributed by atoms with E-state index in [9.17, 15) is 4.79 Å². The molecule has 0 bridgehead atoms. The van der Waals surface area contributed by atoms with Gasteiger partial charge in [-0.3, -0.25) is 4.79 Å². The Labute approximate surface area is 96.8 Å². The Kier molecular flexibility index (Phi) is 6.10. The van der Waals surface area contributed by atoms with E-state index >= 15 is 0 Å². The average molecular weight is 230 g/mol. The van der Waals surface area contributed by atoms with E-state index in [2.05, 4.69) is 24.5 Å². The molecule has 1 aliphatic heterocycles. The minimum Gasteiger partial charge on any atom is -0.351 e. The van der Waals surface area contributed by atoms with Crippen molar-refractivity contribution in [3.8, 4) is 0 Å². The average Bonchev–Trinajstić information content (AvgIpc) is 2.27. The summed E-state index contributed by atoms with van der Waals surface area (Å²) >= 11 is 1.87. The zero-order valence-corrected chi connectivity index (χ0v) is 10.5. The summed E-state index contributed by atoms with van der Waals surface area (Å²) in [6.07, 6.45) is 3.35. The molecule has 2 atom stereocenters. The molecular formula is C11H22N2OS. The first-order valence-corrected chi connectivity index (χ1v) is 7.01. The fourth-order valence-corrected chi connectivity index (χ4v) is 2.43. The molecule has 1 heterocycles. The van der Waals surface area contributed by atoms with Crippen molar-refractivity contribution in [1.29, 1.82) is 0 Å². The van der Waals surface area contributed by atoms with E-state index in [1.165, 1.54) is 12.8 Å². The lowest BCUT2D eigenvalue weighted by Crippen LogP contribution is -2.49. The van der Waals surface area contributed by atoms with Crippen LogP contribution in [0.5, 0.6) is 0 Å². The topological polar surface area (TPSA) is 41.1 Å². The molecule has 0 spiro atoms. The summed E-state index contributed by atoms with van der Waals surface area (Å²) in [7, 11) is 0. The number of amides is 1. The highest BCUT2D eigenvalue weighted by molar-refractivity contribution is 7.99. The summed E-state index contributed by atoms with van der Waals surface area (Å²) < 4.78 is 0. The van der Waals surface area contributed by atoms with Crippen LogP contribution in [0.3, 0.4) is 0 Å². The van der Waals surface area contributed by atoms with Crippen LogP contribution >= 0.6 is 11.8 Å². The zero-order chi connectivity index (χ0) is 11.1. The third kappa shape index (κ3) is 4.89. The first-order chi connectivity index (χ1) is 7.24. The minimum absolute atomic E-state index is 0.0489. The molecule has 0 aromatic rings. The molecule has 0 aliphatic carbocycles. The molecule has 2 N–H and O–H groups in total. The molecule has 0 saturated carbocycles.